The number of benzene rings is 2. The Morgan fingerprint density at radius 1 is 1.03 bits per heavy atom. The zero-order valence-corrected chi connectivity index (χ0v) is 17.0. The Bertz CT molecular complexity index is 855. The molecule has 0 spiro atoms. The summed E-state index contributed by atoms with van der Waals surface area (Å²) in [7, 11) is -4.04. The van der Waals surface area contributed by atoms with Crippen molar-refractivity contribution in [2.45, 2.75) is 32.8 Å². The van der Waals surface area contributed by atoms with Crippen LogP contribution >= 0.6 is 7.75 Å². The van der Waals surface area contributed by atoms with Crippen LogP contribution in [0.15, 0.2) is 54.6 Å². The van der Waals surface area contributed by atoms with Crippen molar-refractivity contribution in [1.82, 2.24) is 5.09 Å². The molecule has 1 unspecified atom stereocenters. The molecule has 0 amide bonds. The van der Waals surface area contributed by atoms with Crippen LogP contribution in [0.4, 0.5) is 5.69 Å². The number of nitrogens with one attached hydrogen (secondary N) is 1. The number of ether oxygens (including phenoxy) is 1. The zero-order chi connectivity index (χ0) is 21.3. The molecule has 0 heterocycles. The molecule has 0 aliphatic heterocycles. The van der Waals surface area contributed by atoms with E-state index in [1.807, 2.05) is 13.8 Å². The summed E-state index contributed by atoms with van der Waals surface area (Å²) in [5, 5.41) is 13.3. The lowest BCUT2D eigenvalue weighted by Crippen LogP contribution is -2.29. The van der Waals surface area contributed by atoms with Gasteiger partial charge in [0.15, 0.2) is 0 Å². The van der Waals surface area contributed by atoms with Crippen LogP contribution in [0, 0.1) is 10.1 Å². The summed E-state index contributed by atoms with van der Waals surface area (Å²) in [4.78, 5) is 22.3. The number of nitro groups is 1. The van der Waals surface area contributed by atoms with Gasteiger partial charge in [-0.05, 0) is 37.1 Å². The molecule has 9 nitrogen and oxygen atoms in total. The Hall–Kier alpha value is -2.90. The van der Waals surface area contributed by atoms with Crippen LogP contribution in [0.3, 0.4) is 0 Å². The molecular weight excluding hydrogens is 399 g/mol. The Balaban J connectivity index is 2.13. The van der Waals surface area contributed by atoms with Crippen molar-refractivity contribution in [2.24, 2.45) is 0 Å². The number of hydrogen-bond acceptors (Lipinski definition) is 7. The van der Waals surface area contributed by atoms with E-state index in [-0.39, 0.29) is 23.3 Å². The fraction of sp³-hybridized carbons (Fsp3) is 0.316. The van der Waals surface area contributed by atoms with Gasteiger partial charge >= 0.3 is 13.7 Å². The van der Waals surface area contributed by atoms with E-state index in [1.165, 1.54) is 24.3 Å². The highest BCUT2D eigenvalue weighted by atomic mass is 31.2. The van der Waals surface area contributed by atoms with Crippen molar-refractivity contribution >= 4 is 19.4 Å². The summed E-state index contributed by atoms with van der Waals surface area (Å²) in [5.74, 6) is -0.253. The zero-order valence-electron chi connectivity index (χ0n) is 16.1. The summed E-state index contributed by atoms with van der Waals surface area (Å²) in [6.45, 7) is 3.40. The van der Waals surface area contributed by atoms with Gasteiger partial charge in [-0.15, -0.1) is 0 Å². The Kier molecular flexibility index (Phi) is 8.18. The van der Waals surface area contributed by atoms with Crippen LogP contribution in [-0.2, 0) is 14.1 Å². The third kappa shape index (κ3) is 7.21. The normalized spacial score (nSPS) is 12.8. The second kappa shape index (κ2) is 10.6. The van der Waals surface area contributed by atoms with E-state index < -0.39 is 25.2 Å². The van der Waals surface area contributed by atoms with Crippen molar-refractivity contribution in [1.29, 1.82) is 0 Å². The van der Waals surface area contributed by atoms with E-state index in [2.05, 4.69) is 5.09 Å². The van der Waals surface area contributed by atoms with Crippen LogP contribution in [-0.4, -0.2) is 23.5 Å². The predicted octanol–water partition coefficient (Wildman–Crippen LogP) is 4.48. The topological polar surface area (TPSA) is 117 Å². The Labute approximate surface area is 168 Å². The van der Waals surface area contributed by atoms with E-state index in [4.69, 9.17) is 13.8 Å². The number of para-hydroxylation sites is 1. The van der Waals surface area contributed by atoms with Crippen LogP contribution < -0.4 is 14.1 Å². The molecule has 2 aromatic rings. The summed E-state index contributed by atoms with van der Waals surface area (Å²) in [6.07, 6.45) is 1.11. The maximum Gasteiger partial charge on any atom is 0.513 e. The third-order valence-corrected chi connectivity index (χ3v) is 5.32. The fourth-order valence-electron chi connectivity index (χ4n) is 2.32. The molecule has 0 aromatic heterocycles. The maximum atomic E-state index is 13.2. The fourth-order valence-corrected chi connectivity index (χ4v) is 3.60. The van der Waals surface area contributed by atoms with Gasteiger partial charge in [0.25, 0.3) is 5.69 Å². The standard InChI is InChI=1S/C19H23N2O7P/c1-3-16(4-2)26-19(22)14-20-29(25,27-17-8-6-5-7-9-17)28-18-12-10-15(11-13-18)21(23)24/h5-13,16H,3-4,14H2,1-2H3,(H,20,25). The average Bonchev–Trinajstić information content (AvgIpc) is 2.71. The highest BCUT2D eigenvalue weighted by Gasteiger charge is 2.30. The minimum absolute atomic E-state index is 0.0794. The van der Waals surface area contributed by atoms with Crippen molar-refractivity contribution in [3.63, 3.8) is 0 Å². The molecule has 1 atom stereocenters. The first-order valence-corrected chi connectivity index (χ1v) is 10.6. The molecule has 2 aromatic carbocycles. The molecule has 0 bridgehead atoms. The number of nitrogens with zero attached hydrogens (tertiary/aromatic N) is 1. The molecule has 29 heavy (non-hydrogen) atoms. The SMILES string of the molecule is CCC(CC)OC(=O)CNP(=O)(Oc1ccccc1)Oc1ccc([N+](=O)[O-])cc1. The van der Waals surface area contributed by atoms with Crippen molar-refractivity contribution < 1.29 is 28.1 Å². The molecule has 0 fully saturated rings. The number of carbonyl (C=O) groups is 1. The van der Waals surface area contributed by atoms with E-state index in [0.717, 1.165) is 0 Å². The summed E-state index contributed by atoms with van der Waals surface area (Å²) in [6, 6.07) is 13.3. The monoisotopic (exact) mass is 422 g/mol. The molecule has 10 heteroatoms. The van der Waals surface area contributed by atoms with Gasteiger partial charge in [-0.1, -0.05) is 32.0 Å². The molecule has 0 radical (unpaired) electrons. The molecule has 0 saturated carbocycles. The van der Waals surface area contributed by atoms with Crippen LogP contribution in [0.25, 0.3) is 0 Å². The molecule has 0 aliphatic carbocycles. The number of non-ortho nitro benzene ring substituents is 1. The van der Waals surface area contributed by atoms with Crippen molar-refractivity contribution in [3.8, 4) is 11.5 Å². The number of carbonyl (C=O) groups excluding carboxylic acids is 1. The van der Waals surface area contributed by atoms with Gasteiger partial charge in [0.1, 0.15) is 24.1 Å². The number of hydrogen-bond donors (Lipinski definition) is 1. The quantitative estimate of drug-likeness (QED) is 0.244. The van der Waals surface area contributed by atoms with E-state index in [1.54, 1.807) is 30.3 Å². The number of nitro benzene ring substituents is 1. The first-order valence-electron chi connectivity index (χ1n) is 9.08. The lowest BCUT2D eigenvalue weighted by molar-refractivity contribution is -0.384. The van der Waals surface area contributed by atoms with E-state index >= 15 is 0 Å². The van der Waals surface area contributed by atoms with Crippen LogP contribution in [0.1, 0.15) is 26.7 Å². The first kappa shape index (κ1) is 22.4. The van der Waals surface area contributed by atoms with E-state index in [0.29, 0.717) is 12.8 Å². The average molecular weight is 422 g/mol. The van der Waals surface area contributed by atoms with Gasteiger partial charge < -0.3 is 13.8 Å². The highest BCUT2D eigenvalue weighted by molar-refractivity contribution is 7.52. The second-order valence-electron chi connectivity index (χ2n) is 6.01. The largest absolute Gasteiger partial charge is 0.513 e. The predicted molar refractivity (Wildman–Crippen MR) is 107 cm³/mol. The lowest BCUT2D eigenvalue weighted by Gasteiger charge is -2.21. The van der Waals surface area contributed by atoms with Gasteiger partial charge in [-0.25, -0.2) is 4.57 Å². The van der Waals surface area contributed by atoms with Gasteiger partial charge in [-0.3, -0.25) is 14.9 Å². The third-order valence-electron chi connectivity index (χ3n) is 3.87. The van der Waals surface area contributed by atoms with Gasteiger partial charge in [0.2, 0.25) is 0 Å². The van der Waals surface area contributed by atoms with E-state index in [9.17, 15) is 19.5 Å². The second-order valence-corrected chi connectivity index (χ2v) is 7.68. The minimum Gasteiger partial charge on any atom is -0.461 e. The molecular formula is C19H23N2O7P. The lowest BCUT2D eigenvalue weighted by atomic mass is 10.2. The summed E-state index contributed by atoms with van der Waals surface area (Å²) in [5.41, 5.74) is -0.141. The summed E-state index contributed by atoms with van der Waals surface area (Å²) < 4.78 is 29.4. The Morgan fingerprint density at radius 2 is 1.59 bits per heavy atom. The first-order chi connectivity index (χ1) is 13.8. The molecule has 1 N–H and O–H groups in total. The molecule has 156 valence electrons. The molecule has 0 saturated heterocycles. The minimum atomic E-state index is -4.04. The number of rotatable bonds is 11. The smallest absolute Gasteiger partial charge is 0.461 e. The molecule has 0 aliphatic rings. The van der Waals surface area contributed by atoms with Crippen LogP contribution in [0.5, 0.6) is 11.5 Å². The van der Waals surface area contributed by atoms with Gasteiger partial charge in [-0.2, -0.15) is 5.09 Å². The van der Waals surface area contributed by atoms with Gasteiger partial charge in [0, 0.05) is 12.1 Å². The number of esters is 1. The summed E-state index contributed by atoms with van der Waals surface area (Å²) >= 11 is 0. The van der Waals surface area contributed by atoms with Gasteiger partial charge in [0.05, 0.1) is 4.92 Å². The molecule has 2 rings (SSSR count). The van der Waals surface area contributed by atoms with Crippen molar-refractivity contribution in [2.75, 3.05) is 6.54 Å². The maximum absolute atomic E-state index is 13.2. The van der Waals surface area contributed by atoms with Crippen molar-refractivity contribution in [3.05, 3.63) is 64.7 Å². The van der Waals surface area contributed by atoms with Crippen LogP contribution in [0.2, 0.25) is 0 Å². The highest BCUT2D eigenvalue weighted by Crippen LogP contribution is 2.44. The Morgan fingerprint density at radius 3 is 2.10 bits per heavy atom.